The van der Waals surface area contributed by atoms with Gasteiger partial charge in [-0.15, -0.1) is 0 Å². The second kappa shape index (κ2) is 7.30. The molecule has 0 aromatic carbocycles. The van der Waals surface area contributed by atoms with Crippen LogP contribution in [0.4, 0.5) is 5.95 Å². The molecule has 0 radical (unpaired) electrons. The van der Waals surface area contributed by atoms with Gasteiger partial charge < -0.3 is 10.3 Å². The van der Waals surface area contributed by atoms with Crippen molar-refractivity contribution in [2.45, 2.75) is 33.2 Å². The SMILES string of the molecule is Cc1nc(C)c(Cc2cc(=O)[nH]c(NC(C)c3cccnc3)n2)c(=O)[nH]1. The van der Waals surface area contributed by atoms with Crippen LogP contribution in [0.25, 0.3) is 0 Å². The lowest BCUT2D eigenvalue weighted by Gasteiger charge is -2.14. The fourth-order valence-electron chi connectivity index (χ4n) is 2.73. The molecule has 0 bridgehead atoms. The maximum absolute atomic E-state index is 12.2. The maximum atomic E-state index is 12.2. The highest BCUT2D eigenvalue weighted by Crippen LogP contribution is 2.15. The first-order chi connectivity index (χ1) is 12.4. The first-order valence-corrected chi connectivity index (χ1v) is 8.25. The van der Waals surface area contributed by atoms with Crippen molar-refractivity contribution in [3.8, 4) is 0 Å². The van der Waals surface area contributed by atoms with Crippen molar-refractivity contribution < 1.29 is 0 Å². The predicted molar refractivity (Wildman–Crippen MR) is 98.3 cm³/mol. The van der Waals surface area contributed by atoms with E-state index in [0.717, 1.165) is 5.56 Å². The normalized spacial score (nSPS) is 12.0. The van der Waals surface area contributed by atoms with Gasteiger partial charge in [-0.1, -0.05) is 6.07 Å². The van der Waals surface area contributed by atoms with Gasteiger partial charge >= 0.3 is 0 Å². The zero-order valence-corrected chi connectivity index (χ0v) is 14.8. The van der Waals surface area contributed by atoms with E-state index in [9.17, 15) is 9.59 Å². The second-order valence-electron chi connectivity index (χ2n) is 6.13. The van der Waals surface area contributed by atoms with E-state index in [1.807, 2.05) is 19.1 Å². The standard InChI is InChI=1S/C18H20N6O2/c1-10(13-5-4-6-19-9-13)21-18-23-14(8-16(25)24-18)7-15-11(2)20-12(3)22-17(15)26/h4-6,8-10H,7H2,1-3H3,(H,20,22,26)(H2,21,23,24,25). The summed E-state index contributed by atoms with van der Waals surface area (Å²) in [7, 11) is 0. The lowest BCUT2D eigenvalue weighted by atomic mass is 10.1. The van der Waals surface area contributed by atoms with E-state index in [1.54, 1.807) is 26.2 Å². The number of H-pyrrole nitrogens is 2. The molecule has 0 aliphatic rings. The summed E-state index contributed by atoms with van der Waals surface area (Å²) < 4.78 is 0. The van der Waals surface area contributed by atoms with Crippen LogP contribution in [-0.2, 0) is 6.42 Å². The summed E-state index contributed by atoms with van der Waals surface area (Å²) in [6.07, 6.45) is 3.68. The zero-order chi connectivity index (χ0) is 18.7. The van der Waals surface area contributed by atoms with Crippen molar-refractivity contribution in [3.05, 3.63) is 79.6 Å². The van der Waals surface area contributed by atoms with Gasteiger partial charge in [-0.25, -0.2) is 9.97 Å². The smallest absolute Gasteiger partial charge is 0.254 e. The Morgan fingerprint density at radius 3 is 2.69 bits per heavy atom. The summed E-state index contributed by atoms with van der Waals surface area (Å²) in [5, 5.41) is 3.16. The number of nitrogens with zero attached hydrogens (tertiary/aromatic N) is 3. The highest BCUT2D eigenvalue weighted by Gasteiger charge is 2.12. The Balaban J connectivity index is 1.87. The van der Waals surface area contributed by atoms with Crippen LogP contribution >= 0.6 is 0 Å². The third-order valence-corrected chi connectivity index (χ3v) is 4.03. The number of hydrogen-bond donors (Lipinski definition) is 3. The number of aromatic amines is 2. The fourth-order valence-corrected chi connectivity index (χ4v) is 2.73. The summed E-state index contributed by atoms with van der Waals surface area (Å²) in [5.74, 6) is 0.903. The van der Waals surface area contributed by atoms with Crippen molar-refractivity contribution in [2.24, 2.45) is 0 Å². The molecule has 3 aromatic rings. The van der Waals surface area contributed by atoms with Gasteiger partial charge in [0.15, 0.2) is 0 Å². The Morgan fingerprint density at radius 2 is 2.00 bits per heavy atom. The van der Waals surface area contributed by atoms with Crippen molar-refractivity contribution in [1.29, 1.82) is 0 Å². The van der Waals surface area contributed by atoms with Gasteiger partial charge in [0.25, 0.3) is 11.1 Å². The van der Waals surface area contributed by atoms with E-state index in [1.165, 1.54) is 6.07 Å². The molecule has 0 spiro atoms. The minimum Gasteiger partial charge on any atom is -0.349 e. The number of aryl methyl sites for hydroxylation is 2. The average molecular weight is 352 g/mol. The molecule has 8 nitrogen and oxygen atoms in total. The third kappa shape index (κ3) is 4.02. The molecule has 0 fully saturated rings. The molecule has 1 unspecified atom stereocenters. The van der Waals surface area contributed by atoms with E-state index in [0.29, 0.717) is 28.7 Å². The molecule has 0 saturated heterocycles. The molecule has 0 aliphatic carbocycles. The Labute approximate surface area is 149 Å². The van der Waals surface area contributed by atoms with Crippen LogP contribution in [0.15, 0.2) is 40.2 Å². The number of nitrogens with one attached hydrogen (secondary N) is 3. The molecule has 26 heavy (non-hydrogen) atoms. The predicted octanol–water partition coefficient (Wildman–Crippen LogP) is 1.63. The van der Waals surface area contributed by atoms with E-state index in [2.05, 4.69) is 30.2 Å². The van der Waals surface area contributed by atoms with Crippen LogP contribution in [0.3, 0.4) is 0 Å². The Kier molecular flexibility index (Phi) is 4.92. The van der Waals surface area contributed by atoms with Gasteiger partial charge in [0, 0.05) is 36.1 Å². The fraction of sp³-hybridized carbons (Fsp3) is 0.278. The van der Waals surface area contributed by atoms with Crippen LogP contribution in [0.2, 0.25) is 0 Å². The zero-order valence-electron chi connectivity index (χ0n) is 14.8. The van der Waals surface area contributed by atoms with Gasteiger partial charge in [0.05, 0.1) is 11.7 Å². The van der Waals surface area contributed by atoms with Crippen LogP contribution in [0.1, 0.15) is 41.3 Å². The molecule has 3 rings (SSSR count). The van der Waals surface area contributed by atoms with Gasteiger partial charge in [-0.05, 0) is 32.4 Å². The topological polar surface area (TPSA) is 116 Å². The lowest BCUT2D eigenvalue weighted by Crippen LogP contribution is -2.20. The molecule has 8 heteroatoms. The van der Waals surface area contributed by atoms with Gasteiger partial charge in [-0.2, -0.15) is 0 Å². The average Bonchev–Trinajstić information content (AvgIpc) is 2.58. The number of aromatic nitrogens is 5. The van der Waals surface area contributed by atoms with Gasteiger partial charge in [0.1, 0.15) is 5.82 Å². The highest BCUT2D eigenvalue weighted by atomic mass is 16.1. The monoisotopic (exact) mass is 352 g/mol. The molecule has 0 aliphatic heterocycles. The van der Waals surface area contributed by atoms with Crippen LogP contribution < -0.4 is 16.4 Å². The molecule has 134 valence electrons. The summed E-state index contributed by atoms with van der Waals surface area (Å²) in [4.78, 5) is 42.3. The Morgan fingerprint density at radius 1 is 1.19 bits per heavy atom. The summed E-state index contributed by atoms with van der Waals surface area (Å²) in [6.45, 7) is 5.45. The first kappa shape index (κ1) is 17.5. The molecular weight excluding hydrogens is 332 g/mol. The molecule has 1 atom stereocenters. The minimum atomic E-state index is -0.287. The summed E-state index contributed by atoms with van der Waals surface area (Å²) >= 11 is 0. The van der Waals surface area contributed by atoms with Gasteiger partial charge in [0.2, 0.25) is 5.95 Å². The maximum Gasteiger partial charge on any atom is 0.254 e. The number of hydrogen-bond acceptors (Lipinski definition) is 6. The lowest BCUT2D eigenvalue weighted by molar-refractivity contribution is 0.839. The van der Waals surface area contributed by atoms with Crippen molar-refractivity contribution in [3.63, 3.8) is 0 Å². The van der Waals surface area contributed by atoms with E-state index >= 15 is 0 Å². The molecule has 3 N–H and O–H groups in total. The third-order valence-electron chi connectivity index (χ3n) is 4.03. The molecule has 3 aromatic heterocycles. The molecular formula is C18H20N6O2. The Bertz CT molecular complexity index is 1030. The Hall–Kier alpha value is -3.29. The van der Waals surface area contributed by atoms with Crippen molar-refractivity contribution >= 4 is 5.95 Å². The van der Waals surface area contributed by atoms with E-state index in [4.69, 9.17) is 0 Å². The number of anilines is 1. The minimum absolute atomic E-state index is 0.0896. The quantitative estimate of drug-likeness (QED) is 0.642. The van der Waals surface area contributed by atoms with Crippen LogP contribution in [-0.4, -0.2) is 24.9 Å². The number of pyridine rings is 1. The summed E-state index contributed by atoms with van der Waals surface area (Å²) in [5.41, 5.74) is 2.09. The van der Waals surface area contributed by atoms with E-state index in [-0.39, 0.29) is 23.6 Å². The van der Waals surface area contributed by atoms with Crippen LogP contribution in [0.5, 0.6) is 0 Å². The van der Waals surface area contributed by atoms with Crippen molar-refractivity contribution in [2.75, 3.05) is 5.32 Å². The molecule has 0 amide bonds. The molecule has 3 heterocycles. The highest BCUT2D eigenvalue weighted by molar-refractivity contribution is 5.32. The van der Waals surface area contributed by atoms with Gasteiger partial charge in [-0.3, -0.25) is 19.6 Å². The number of rotatable bonds is 5. The van der Waals surface area contributed by atoms with Crippen LogP contribution in [0, 0.1) is 13.8 Å². The molecule has 0 saturated carbocycles. The second-order valence-corrected chi connectivity index (χ2v) is 6.13. The largest absolute Gasteiger partial charge is 0.349 e. The summed E-state index contributed by atoms with van der Waals surface area (Å²) in [6, 6.07) is 5.08. The first-order valence-electron chi connectivity index (χ1n) is 8.25. The van der Waals surface area contributed by atoms with Crippen molar-refractivity contribution in [1.82, 2.24) is 24.9 Å². The van der Waals surface area contributed by atoms with E-state index < -0.39 is 0 Å².